The fourth-order valence-electron chi connectivity index (χ4n) is 2.30. The third-order valence-electron chi connectivity index (χ3n) is 3.32. The van der Waals surface area contributed by atoms with E-state index in [2.05, 4.69) is 15.0 Å². The molecule has 0 spiro atoms. The van der Waals surface area contributed by atoms with Crippen molar-refractivity contribution in [3.05, 3.63) is 54.7 Å². The van der Waals surface area contributed by atoms with Gasteiger partial charge in [-0.15, -0.1) is 0 Å². The molecule has 0 bridgehead atoms. The molecule has 0 radical (unpaired) electrons. The van der Waals surface area contributed by atoms with Crippen molar-refractivity contribution < 1.29 is 4.39 Å². The van der Waals surface area contributed by atoms with Crippen molar-refractivity contribution in [2.45, 2.75) is 0 Å². The molecule has 4 rings (SSSR count). The minimum Gasteiger partial charge on any atom is -0.399 e. The largest absolute Gasteiger partial charge is 0.399 e. The molecule has 6 heteroatoms. The van der Waals surface area contributed by atoms with Crippen LogP contribution in [0.4, 0.5) is 10.1 Å². The monoisotopic (exact) mass is 279 g/mol. The summed E-state index contributed by atoms with van der Waals surface area (Å²) < 4.78 is 14.7. The second-order valence-electron chi connectivity index (χ2n) is 4.71. The summed E-state index contributed by atoms with van der Waals surface area (Å²) in [4.78, 5) is 12.6. The third kappa shape index (κ3) is 1.88. The van der Waals surface area contributed by atoms with Gasteiger partial charge in [-0.25, -0.2) is 15.0 Å². The van der Waals surface area contributed by atoms with Crippen molar-refractivity contribution in [3.63, 3.8) is 0 Å². The van der Waals surface area contributed by atoms with E-state index in [0.29, 0.717) is 17.2 Å². The zero-order valence-electron chi connectivity index (χ0n) is 10.9. The standard InChI is InChI=1S/C15H10FN5/c16-14-4-1-9(8-18-14)11-5-6-21-13-7-10(17)2-3-12(13)20-15(21)19-11/h1-8H,17H2. The average molecular weight is 279 g/mol. The number of pyridine rings is 1. The lowest BCUT2D eigenvalue weighted by atomic mass is 10.2. The molecule has 2 N–H and O–H groups in total. The van der Waals surface area contributed by atoms with Crippen LogP contribution in [0.15, 0.2) is 48.8 Å². The molecule has 0 aliphatic carbocycles. The second kappa shape index (κ2) is 4.24. The van der Waals surface area contributed by atoms with Crippen LogP contribution in [0.1, 0.15) is 0 Å². The normalized spacial score (nSPS) is 11.3. The lowest BCUT2D eigenvalue weighted by Gasteiger charge is -2.01. The maximum Gasteiger partial charge on any atom is 0.235 e. The summed E-state index contributed by atoms with van der Waals surface area (Å²) in [6, 6.07) is 10.3. The Morgan fingerprint density at radius 2 is 1.95 bits per heavy atom. The Balaban J connectivity index is 1.94. The first-order valence-corrected chi connectivity index (χ1v) is 6.37. The van der Waals surface area contributed by atoms with E-state index in [1.807, 2.05) is 28.8 Å². The minimum absolute atomic E-state index is 0.512. The van der Waals surface area contributed by atoms with E-state index in [0.717, 1.165) is 16.6 Å². The van der Waals surface area contributed by atoms with Crippen LogP contribution in [0.2, 0.25) is 0 Å². The highest BCUT2D eigenvalue weighted by Gasteiger charge is 2.08. The van der Waals surface area contributed by atoms with Crippen molar-refractivity contribution in [2.24, 2.45) is 0 Å². The average Bonchev–Trinajstić information content (AvgIpc) is 2.85. The zero-order chi connectivity index (χ0) is 14.4. The van der Waals surface area contributed by atoms with E-state index in [-0.39, 0.29) is 0 Å². The van der Waals surface area contributed by atoms with Crippen LogP contribution >= 0.6 is 0 Å². The molecule has 0 aliphatic heterocycles. The zero-order valence-corrected chi connectivity index (χ0v) is 10.9. The molecular formula is C15H10FN5. The number of nitrogens with two attached hydrogens (primary N) is 1. The number of halogens is 1. The molecule has 0 amide bonds. The number of nitrogens with zero attached hydrogens (tertiary/aromatic N) is 4. The van der Waals surface area contributed by atoms with Crippen LogP contribution in [0, 0.1) is 5.95 Å². The van der Waals surface area contributed by atoms with E-state index in [4.69, 9.17) is 5.73 Å². The van der Waals surface area contributed by atoms with E-state index >= 15 is 0 Å². The predicted octanol–water partition coefficient (Wildman–Crippen LogP) is 2.67. The van der Waals surface area contributed by atoms with Gasteiger partial charge in [-0.1, -0.05) is 0 Å². The van der Waals surface area contributed by atoms with Crippen molar-refractivity contribution in [1.82, 2.24) is 19.4 Å². The number of anilines is 1. The van der Waals surface area contributed by atoms with Gasteiger partial charge in [0.05, 0.1) is 16.7 Å². The number of imidazole rings is 1. The number of fused-ring (bicyclic) bond motifs is 3. The van der Waals surface area contributed by atoms with E-state index in [9.17, 15) is 4.39 Å². The molecule has 0 aliphatic rings. The Labute approximate surface area is 118 Å². The minimum atomic E-state index is -0.512. The molecule has 0 unspecified atom stereocenters. The Bertz CT molecular complexity index is 959. The molecule has 21 heavy (non-hydrogen) atoms. The highest BCUT2D eigenvalue weighted by Crippen LogP contribution is 2.21. The van der Waals surface area contributed by atoms with E-state index < -0.39 is 5.95 Å². The molecule has 102 valence electrons. The number of rotatable bonds is 1. The fraction of sp³-hybridized carbons (Fsp3) is 0. The summed E-state index contributed by atoms with van der Waals surface area (Å²) >= 11 is 0. The summed E-state index contributed by atoms with van der Waals surface area (Å²) in [5.74, 6) is 0.0549. The Morgan fingerprint density at radius 3 is 2.76 bits per heavy atom. The maximum atomic E-state index is 12.9. The number of hydrogen-bond donors (Lipinski definition) is 1. The van der Waals surface area contributed by atoms with Crippen LogP contribution in [-0.2, 0) is 0 Å². The lowest BCUT2D eigenvalue weighted by molar-refractivity contribution is 0.584. The van der Waals surface area contributed by atoms with Crippen LogP contribution < -0.4 is 5.73 Å². The summed E-state index contributed by atoms with van der Waals surface area (Å²) in [5.41, 5.74) is 9.64. The second-order valence-corrected chi connectivity index (χ2v) is 4.71. The molecule has 0 atom stereocenters. The molecule has 3 aromatic heterocycles. The number of hydrogen-bond acceptors (Lipinski definition) is 4. The van der Waals surface area contributed by atoms with Crippen molar-refractivity contribution >= 4 is 22.5 Å². The van der Waals surface area contributed by atoms with Gasteiger partial charge in [0, 0.05) is 23.6 Å². The van der Waals surface area contributed by atoms with Crippen LogP contribution in [0.3, 0.4) is 0 Å². The Morgan fingerprint density at radius 1 is 1.05 bits per heavy atom. The highest BCUT2D eigenvalue weighted by molar-refractivity contribution is 5.82. The Kier molecular flexibility index (Phi) is 2.38. The van der Waals surface area contributed by atoms with Gasteiger partial charge in [0.2, 0.25) is 11.7 Å². The van der Waals surface area contributed by atoms with Gasteiger partial charge >= 0.3 is 0 Å². The summed E-state index contributed by atoms with van der Waals surface area (Å²) in [5, 5.41) is 0. The predicted molar refractivity (Wildman–Crippen MR) is 78.1 cm³/mol. The molecule has 3 heterocycles. The van der Waals surface area contributed by atoms with Crippen LogP contribution in [0.25, 0.3) is 28.1 Å². The van der Waals surface area contributed by atoms with Gasteiger partial charge < -0.3 is 5.73 Å². The van der Waals surface area contributed by atoms with Gasteiger partial charge in [-0.2, -0.15) is 4.39 Å². The summed E-state index contributed by atoms with van der Waals surface area (Å²) in [6.07, 6.45) is 3.32. The van der Waals surface area contributed by atoms with E-state index in [1.165, 1.54) is 12.3 Å². The van der Waals surface area contributed by atoms with Crippen molar-refractivity contribution in [3.8, 4) is 11.3 Å². The first kappa shape index (κ1) is 11.8. The van der Waals surface area contributed by atoms with Crippen LogP contribution in [0.5, 0.6) is 0 Å². The molecule has 0 fully saturated rings. The quantitative estimate of drug-likeness (QED) is 0.429. The summed E-state index contributed by atoms with van der Waals surface area (Å²) in [7, 11) is 0. The molecule has 5 nitrogen and oxygen atoms in total. The number of nitrogen functional groups attached to an aromatic ring is 1. The number of aromatic nitrogens is 4. The van der Waals surface area contributed by atoms with Crippen molar-refractivity contribution in [1.29, 1.82) is 0 Å². The van der Waals surface area contributed by atoms with Crippen molar-refractivity contribution in [2.75, 3.05) is 5.73 Å². The SMILES string of the molecule is Nc1ccc2nc3nc(-c4ccc(F)nc4)ccn3c2c1. The van der Waals surface area contributed by atoms with Gasteiger partial charge in [0.15, 0.2) is 0 Å². The van der Waals surface area contributed by atoms with Gasteiger partial charge in [0.25, 0.3) is 0 Å². The molecule has 0 saturated carbocycles. The maximum absolute atomic E-state index is 12.9. The van der Waals surface area contributed by atoms with E-state index in [1.54, 1.807) is 12.1 Å². The van der Waals surface area contributed by atoms with Gasteiger partial charge in [-0.3, -0.25) is 4.40 Å². The third-order valence-corrected chi connectivity index (χ3v) is 3.32. The Hall–Kier alpha value is -3.02. The first-order chi connectivity index (χ1) is 10.2. The topological polar surface area (TPSA) is 69.1 Å². The molecule has 4 aromatic rings. The van der Waals surface area contributed by atoms with Crippen LogP contribution in [-0.4, -0.2) is 19.4 Å². The number of benzene rings is 1. The summed E-state index contributed by atoms with van der Waals surface area (Å²) in [6.45, 7) is 0. The lowest BCUT2D eigenvalue weighted by Crippen LogP contribution is -1.92. The highest BCUT2D eigenvalue weighted by atomic mass is 19.1. The fourth-order valence-corrected chi connectivity index (χ4v) is 2.30. The smallest absolute Gasteiger partial charge is 0.235 e. The molecular weight excluding hydrogens is 269 g/mol. The van der Waals surface area contributed by atoms with Gasteiger partial charge in [-0.05, 0) is 36.4 Å². The molecule has 1 aromatic carbocycles. The van der Waals surface area contributed by atoms with Gasteiger partial charge in [0.1, 0.15) is 0 Å². The molecule has 0 saturated heterocycles. The first-order valence-electron chi connectivity index (χ1n) is 6.37.